The van der Waals surface area contributed by atoms with E-state index in [-0.39, 0.29) is 6.61 Å². The minimum absolute atomic E-state index is 0.00780. The third-order valence-electron chi connectivity index (χ3n) is 7.72. The maximum Gasteiger partial charge on any atom is 0.212 e. The monoisotopic (exact) mass is 513 g/mol. The van der Waals surface area contributed by atoms with Crippen LogP contribution in [0.15, 0.2) is 53.9 Å². The SMILES string of the molecule is COc1ccc(CN2C3CC2CN(c2ccc(-c4cc(OCCF)cn5nc6c(c45)C=NC6)cn2)C3)cn1. The molecule has 0 radical (unpaired) electrons. The van der Waals surface area contributed by atoms with Gasteiger partial charge in [-0.2, -0.15) is 5.10 Å². The predicted octanol–water partition coefficient (Wildman–Crippen LogP) is 3.54. The number of anilines is 1. The molecule has 8 heterocycles. The van der Waals surface area contributed by atoms with Gasteiger partial charge in [0.2, 0.25) is 5.88 Å². The van der Waals surface area contributed by atoms with Gasteiger partial charge in [-0.15, -0.1) is 0 Å². The van der Waals surface area contributed by atoms with Gasteiger partial charge in [0.25, 0.3) is 0 Å². The van der Waals surface area contributed by atoms with E-state index in [1.807, 2.05) is 35.3 Å². The second kappa shape index (κ2) is 9.36. The summed E-state index contributed by atoms with van der Waals surface area (Å²) in [5.74, 6) is 2.20. The Bertz CT molecular complexity index is 1490. The molecule has 9 nitrogen and oxygen atoms in total. The van der Waals surface area contributed by atoms with Crippen molar-refractivity contribution in [2.24, 2.45) is 4.99 Å². The van der Waals surface area contributed by atoms with E-state index in [9.17, 15) is 4.39 Å². The number of aromatic nitrogens is 4. The van der Waals surface area contributed by atoms with Gasteiger partial charge in [-0.05, 0) is 30.2 Å². The molecule has 3 saturated heterocycles. The first-order chi connectivity index (χ1) is 18.7. The Morgan fingerprint density at radius 1 is 1.08 bits per heavy atom. The highest BCUT2D eigenvalue weighted by molar-refractivity contribution is 5.99. The highest BCUT2D eigenvalue weighted by Crippen LogP contribution is 2.37. The molecule has 0 amide bonds. The van der Waals surface area contributed by atoms with E-state index >= 15 is 0 Å². The lowest BCUT2D eigenvalue weighted by Crippen LogP contribution is -2.68. The summed E-state index contributed by atoms with van der Waals surface area (Å²) >= 11 is 0. The Balaban J connectivity index is 1.10. The Labute approximate surface area is 219 Å². The summed E-state index contributed by atoms with van der Waals surface area (Å²) in [5.41, 5.74) is 6.03. The zero-order chi connectivity index (χ0) is 25.6. The van der Waals surface area contributed by atoms with Crippen LogP contribution in [0.3, 0.4) is 0 Å². The summed E-state index contributed by atoms with van der Waals surface area (Å²) in [6.45, 7) is 2.84. The van der Waals surface area contributed by atoms with Crippen molar-refractivity contribution in [3.63, 3.8) is 0 Å². The van der Waals surface area contributed by atoms with Crippen molar-refractivity contribution in [2.45, 2.75) is 31.6 Å². The molecule has 4 aromatic heterocycles. The van der Waals surface area contributed by atoms with Crippen LogP contribution in [0, 0.1) is 0 Å². The molecule has 10 heteroatoms. The predicted molar refractivity (Wildman–Crippen MR) is 142 cm³/mol. The van der Waals surface area contributed by atoms with Gasteiger partial charge in [-0.25, -0.2) is 18.9 Å². The van der Waals surface area contributed by atoms with E-state index in [1.54, 1.807) is 13.3 Å². The Morgan fingerprint density at radius 3 is 2.71 bits per heavy atom. The largest absolute Gasteiger partial charge is 0.489 e. The lowest BCUT2D eigenvalue weighted by molar-refractivity contribution is -0.00876. The first-order valence-corrected chi connectivity index (χ1v) is 12.9. The maximum absolute atomic E-state index is 12.8. The summed E-state index contributed by atoms with van der Waals surface area (Å²) in [6, 6.07) is 11.2. The van der Waals surface area contributed by atoms with Crippen molar-refractivity contribution in [3.05, 3.63) is 65.7 Å². The number of fused-ring (bicyclic) bond motifs is 5. The maximum atomic E-state index is 12.8. The fourth-order valence-electron chi connectivity index (χ4n) is 5.86. The Kier molecular flexibility index (Phi) is 5.69. The number of nitrogens with zero attached hydrogens (tertiary/aromatic N) is 7. The number of aliphatic imine (C=N–C) groups is 1. The molecule has 4 aromatic rings. The zero-order valence-corrected chi connectivity index (χ0v) is 21.1. The molecule has 194 valence electrons. The van der Waals surface area contributed by atoms with Gasteiger partial charge in [-0.1, -0.05) is 6.07 Å². The van der Waals surface area contributed by atoms with Crippen LogP contribution in [0.1, 0.15) is 23.2 Å². The molecular weight excluding hydrogens is 485 g/mol. The average molecular weight is 514 g/mol. The highest BCUT2D eigenvalue weighted by Gasteiger charge is 2.44. The molecule has 2 unspecified atom stereocenters. The number of hydrogen-bond donors (Lipinski definition) is 0. The van der Waals surface area contributed by atoms with Crippen molar-refractivity contribution < 1.29 is 13.9 Å². The molecule has 0 saturated carbocycles. The molecule has 4 aliphatic rings. The summed E-state index contributed by atoms with van der Waals surface area (Å²) in [4.78, 5) is 18.5. The number of rotatable bonds is 8. The number of halogens is 1. The van der Waals surface area contributed by atoms with E-state index in [0.29, 0.717) is 30.3 Å². The van der Waals surface area contributed by atoms with Gasteiger partial charge in [0, 0.05) is 73.1 Å². The second-order valence-electron chi connectivity index (χ2n) is 9.98. The molecule has 3 fully saturated rings. The van der Waals surface area contributed by atoms with Crippen LogP contribution < -0.4 is 14.4 Å². The molecule has 2 atom stereocenters. The third kappa shape index (κ3) is 3.96. The second-order valence-corrected chi connectivity index (χ2v) is 9.98. The summed E-state index contributed by atoms with van der Waals surface area (Å²) in [5, 5.41) is 4.67. The quantitative estimate of drug-likeness (QED) is 0.357. The Morgan fingerprint density at radius 2 is 1.97 bits per heavy atom. The minimum Gasteiger partial charge on any atom is -0.489 e. The van der Waals surface area contributed by atoms with Crippen LogP contribution in [0.2, 0.25) is 0 Å². The molecule has 4 aliphatic heterocycles. The van der Waals surface area contributed by atoms with Crippen LogP contribution in [-0.4, -0.2) is 76.3 Å². The Hall–Kier alpha value is -4.05. The smallest absolute Gasteiger partial charge is 0.212 e. The van der Waals surface area contributed by atoms with Gasteiger partial charge in [-0.3, -0.25) is 9.89 Å². The van der Waals surface area contributed by atoms with Crippen molar-refractivity contribution in [1.82, 2.24) is 24.5 Å². The number of piperidine rings is 1. The number of hydrogen-bond acceptors (Lipinski definition) is 8. The van der Waals surface area contributed by atoms with E-state index in [4.69, 9.17) is 14.5 Å². The number of ether oxygens (including phenoxy) is 2. The van der Waals surface area contributed by atoms with Crippen molar-refractivity contribution in [1.29, 1.82) is 0 Å². The highest BCUT2D eigenvalue weighted by atomic mass is 19.1. The molecule has 2 bridgehead atoms. The molecule has 0 aromatic carbocycles. The van der Waals surface area contributed by atoms with E-state index < -0.39 is 6.67 Å². The topological polar surface area (TPSA) is 80.4 Å². The molecule has 8 rings (SSSR count). The first kappa shape index (κ1) is 23.1. The lowest BCUT2D eigenvalue weighted by Gasteiger charge is -2.56. The summed E-state index contributed by atoms with van der Waals surface area (Å²) in [7, 11) is 1.64. The standard InChI is InChI=1S/C28H28FN7O2/c1-37-27-5-2-18(10-32-27)14-35-20-8-21(35)16-34(15-20)26-4-3-19(11-31-26)23-9-22(38-7-6-29)17-36-28(23)24-12-30-13-25(24)33-36/h2-5,9-12,17,20-21H,6-8,13-16H2,1H3. The number of alkyl halides is 1. The van der Waals surface area contributed by atoms with Crippen molar-refractivity contribution in [2.75, 3.05) is 38.4 Å². The number of pyridine rings is 3. The minimum atomic E-state index is -0.544. The number of piperazine rings is 1. The van der Waals surface area contributed by atoms with E-state index in [0.717, 1.165) is 53.4 Å². The lowest BCUT2D eigenvalue weighted by atomic mass is 9.87. The molecule has 38 heavy (non-hydrogen) atoms. The van der Waals surface area contributed by atoms with Crippen LogP contribution in [-0.2, 0) is 13.1 Å². The summed E-state index contributed by atoms with van der Waals surface area (Å²) in [6.07, 6.45) is 8.71. The van der Waals surface area contributed by atoms with E-state index in [2.05, 4.69) is 43.1 Å². The molecular formula is C28H28FN7O2. The van der Waals surface area contributed by atoms with Crippen molar-refractivity contribution in [3.8, 4) is 22.8 Å². The zero-order valence-electron chi connectivity index (χ0n) is 21.1. The average Bonchev–Trinajstić information content (AvgIpc) is 3.56. The summed E-state index contributed by atoms with van der Waals surface area (Å²) < 4.78 is 25.4. The van der Waals surface area contributed by atoms with Crippen molar-refractivity contribution >= 4 is 17.5 Å². The fourth-order valence-corrected chi connectivity index (χ4v) is 5.86. The van der Waals surface area contributed by atoms with Crippen LogP contribution >= 0.6 is 0 Å². The molecule has 0 spiro atoms. The third-order valence-corrected chi connectivity index (χ3v) is 7.72. The molecule has 0 aliphatic carbocycles. The van der Waals surface area contributed by atoms with Gasteiger partial charge < -0.3 is 14.4 Å². The van der Waals surface area contributed by atoms with Gasteiger partial charge in [0.1, 0.15) is 24.8 Å². The molecule has 0 N–H and O–H groups in total. The van der Waals surface area contributed by atoms with Crippen LogP contribution in [0.4, 0.5) is 10.2 Å². The first-order valence-electron chi connectivity index (χ1n) is 12.9. The fraction of sp³-hybridized carbons (Fsp3) is 0.357. The van der Waals surface area contributed by atoms with Crippen LogP contribution in [0.5, 0.6) is 11.6 Å². The van der Waals surface area contributed by atoms with Crippen LogP contribution in [0.25, 0.3) is 16.6 Å². The van der Waals surface area contributed by atoms with Gasteiger partial charge in [0.05, 0.1) is 31.1 Å². The normalized spacial score (nSPS) is 20.0. The van der Waals surface area contributed by atoms with Gasteiger partial charge in [0.15, 0.2) is 0 Å². The number of methoxy groups -OCH3 is 1. The van der Waals surface area contributed by atoms with Gasteiger partial charge >= 0.3 is 0 Å². The van der Waals surface area contributed by atoms with E-state index in [1.165, 1.54) is 12.0 Å².